The molecule has 17 heavy (non-hydrogen) atoms. The topological polar surface area (TPSA) is 0 Å². The molecule has 1 atom stereocenters. The zero-order valence-corrected chi connectivity index (χ0v) is 12.6. The highest BCUT2D eigenvalue weighted by molar-refractivity contribution is 9.09. The molecule has 90 valence electrons. The van der Waals surface area contributed by atoms with E-state index in [0.29, 0.717) is 0 Å². The van der Waals surface area contributed by atoms with Crippen LogP contribution in [-0.4, -0.2) is 0 Å². The molecule has 0 spiro atoms. The van der Waals surface area contributed by atoms with Gasteiger partial charge in [-0.25, -0.2) is 4.39 Å². The van der Waals surface area contributed by atoms with Gasteiger partial charge >= 0.3 is 0 Å². The average Bonchev–Trinajstić information content (AvgIpc) is 2.61. The Morgan fingerprint density at radius 2 is 2.00 bits per heavy atom. The molecule has 0 aliphatic carbocycles. The molecule has 0 radical (unpaired) electrons. The van der Waals surface area contributed by atoms with Gasteiger partial charge in [-0.1, -0.05) is 33.6 Å². The van der Waals surface area contributed by atoms with Gasteiger partial charge in [0.2, 0.25) is 0 Å². The molecule has 2 aromatic rings. The molecule has 0 bridgehead atoms. The predicted octanol–water partition coefficient (Wildman–Crippen LogP) is 5.64. The minimum absolute atomic E-state index is 0.0607. The van der Waals surface area contributed by atoms with Crippen molar-refractivity contribution >= 4 is 38.9 Å². The molecule has 1 aromatic heterocycles. The molecule has 0 nitrogen and oxygen atoms in total. The first-order valence-electron chi connectivity index (χ1n) is 5.15. The van der Waals surface area contributed by atoms with Gasteiger partial charge in [0.05, 0.1) is 9.85 Å². The van der Waals surface area contributed by atoms with Crippen LogP contribution in [0.2, 0.25) is 5.02 Å². The van der Waals surface area contributed by atoms with Crippen molar-refractivity contribution in [2.75, 3.05) is 0 Å². The maximum atomic E-state index is 13.1. The normalized spacial score (nSPS) is 12.8. The second-order valence-corrected chi connectivity index (χ2v) is 6.69. The van der Waals surface area contributed by atoms with Gasteiger partial charge < -0.3 is 0 Å². The molecule has 1 aromatic carbocycles. The minimum Gasteiger partial charge on any atom is -0.205 e. The van der Waals surface area contributed by atoms with E-state index >= 15 is 0 Å². The van der Waals surface area contributed by atoms with Crippen LogP contribution in [0.25, 0.3) is 0 Å². The summed E-state index contributed by atoms with van der Waals surface area (Å²) in [5, 5.41) is 0.163. The van der Waals surface area contributed by atoms with Gasteiger partial charge in [-0.2, -0.15) is 0 Å². The highest BCUT2D eigenvalue weighted by Crippen LogP contribution is 2.37. The first-order chi connectivity index (χ1) is 7.99. The van der Waals surface area contributed by atoms with Gasteiger partial charge in [0.15, 0.2) is 0 Å². The number of hydrogen-bond donors (Lipinski definition) is 0. The summed E-state index contributed by atoms with van der Waals surface area (Å²) in [6.45, 7) is 4.17. The third-order valence-electron chi connectivity index (χ3n) is 2.59. The number of rotatable bonds is 2. The summed E-state index contributed by atoms with van der Waals surface area (Å²) < 4.78 is 13.1. The zero-order chi connectivity index (χ0) is 12.6. The molecule has 2 rings (SSSR count). The number of benzene rings is 1. The Hall–Kier alpha value is -0.380. The van der Waals surface area contributed by atoms with E-state index < -0.39 is 0 Å². The highest BCUT2D eigenvalue weighted by atomic mass is 79.9. The van der Waals surface area contributed by atoms with Crippen LogP contribution in [-0.2, 0) is 0 Å². The largest absolute Gasteiger partial charge is 0.205 e. The Morgan fingerprint density at radius 1 is 1.29 bits per heavy atom. The molecule has 0 amide bonds. The lowest BCUT2D eigenvalue weighted by molar-refractivity contribution is 0.627. The van der Waals surface area contributed by atoms with Crippen molar-refractivity contribution in [3.63, 3.8) is 0 Å². The molecule has 4 heteroatoms. The van der Waals surface area contributed by atoms with Gasteiger partial charge in [0.1, 0.15) is 5.82 Å². The second kappa shape index (κ2) is 5.09. The van der Waals surface area contributed by atoms with Gasteiger partial charge in [-0.15, -0.1) is 11.3 Å². The van der Waals surface area contributed by atoms with Crippen molar-refractivity contribution in [3.05, 3.63) is 56.0 Å². The van der Waals surface area contributed by atoms with E-state index in [9.17, 15) is 4.39 Å². The molecule has 0 aliphatic heterocycles. The number of aryl methyl sites for hydroxylation is 2. The fourth-order valence-corrected chi connectivity index (χ4v) is 3.82. The van der Waals surface area contributed by atoms with Gasteiger partial charge in [-0.05, 0) is 43.2 Å². The van der Waals surface area contributed by atoms with Crippen molar-refractivity contribution in [1.82, 2.24) is 0 Å². The molecule has 0 N–H and O–H groups in total. The Bertz CT molecular complexity index is 550. The zero-order valence-electron chi connectivity index (χ0n) is 9.43. The Kier molecular flexibility index (Phi) is 3.91. The Balaban J connectivity index is 2.40. The smallest absolute Gasteiger partial charge is 0.141 e. The van der Waals surface area contributed by atoms with Crippen LogP contribution in [0.4, 0.5) is 4.39 Å². The standard InChI is InChI=1S/C13H11BrClFS/c1-7-5-10(8(2)17-7)13(14)9-3-4-12(16)11(15)6-9/h3-6,13H,1-2H3. The molecular weight excluding hydrogens is 323 g/mol. The number of halogens is 3. The summed E-state index contributed by atoms with van der Waals surface area (Å²) in [7, 11) is 0. The Morgan fingerprint density at radius 3 is 2.53 bits per heavy atom. The lowest BCUT2D eigenvalue weighted by Crippen LogP contribution is -1.93. The number of alkyl halides is 1. The maximum Gasteiger partial charge on any atom is 0.141 e. The molecule has 0 saturated carbocycles. The highest BCUT2D eigenvalue weighted by Gasteiger charge is 2.16. The fourth-order valence-electron chi connectivity index (χ4n) is 1.75. The lowest BCUT2D eigenvalue weighted by Gasteiger charge is -2.10. The number of thiophene rings is 1. The van der Waals surface area contributed by atoms with E-state index in [1.54, 1.807) is 23.5 Å². The van der Waals surface area contributed by atoms with Gasteiger partial charge in [0, 0.05) is 9.75 Å². The van der Waals surface area contributed by atoms with Crippen molar-refractivity contribution in [3.8, 4) is 0 Å². The number of hydrogen-bond acceptors (Lipinski definition) is 1. The second-order valence-electron chi connectivity index (χ2n) is 3.90. The molecule has 1 heterocycles. The van der Waals surface area contributed by atoms with Crippen LogP contribution in [0.1, 0.15) is 25.7 Å². The molecule has 0 aliphatic rings. The first-order valence-corrected chi connectivity index (χ1v) is 7.26. The van der Waals surface area contributed by atoms with Crippen LogP contribution in [0.3, 0.4) is 0 Å². The lowest BCUT2D eigenvalue weighted by atomic mass is 10.1. The van der Waals surface area contributed by atoms with E-state index in [1.807, 2.05) is 0 Å². The molecule has 1 unspecified atom stereocenters. The van der Waals surface area contributed by atoms with Crippen LogP contribution in [0.5, 0.6) is 0 Å². The third kappa shape index (κ3) is 2.72. The van der Waals surface area contributed by atoms with E-state index in [1.165, 1.54) is 21.4 Å². The average molecular weight is 334 g/mol. The summed E-state index contributed by atoms with van der Waals surface area (Å²) in [4.78, 5) is 2.60. The Labute approximate surface area is 118 Å². The van der Waals surface area contributed by atoms with Crippen molar-refractivity contribution in [2.45, 2.75) is 18.7 Å². The van der Waals surface area contributed by atoms with E-state index in [2.05, 4.69) is 35.8 Å². The summed E-state index contributed by atoms with van der Waals surface area (Å²) >= 11 is 11.2. The fraction of sp³-hybridized carbons (Fsp3) is 0.231. The van der Waals surface area contributed by atoms with Crippen LogP contribution in [0, 0.1) is 19.7 Å². The van der Waals surface area contributed by atoms with Crippen LogP contribution < -0.4 is 0 Å². The summed E-state index contributed by atoms with van der Waals surface area (Å²) in [6.07, 6.45) is 0. The maximum absolute atomic E-state index is 13.1. The molecular formula is C13H11BrClFS. The van der Waals surface area contributed by atoms with Crippen molar-refractivity contribution in [2.24, 2.45) is 0 Å². The molecule has 0 saturated heterocycles. The summed E-state index contributed by atoms with van der Waals surface area (Å²) in [5.41, 5.74) is 2.19. The predicted molar refractivity (Wildman–Crippen MR) is 76.0 cm³/mol. The van der Waals surface area contributed by atoms with E-state index in [-0.39, 0.29) is 15.7 Å². The summed E-state index contributed by atoms with van der Waals surface area (Å²) in [6, 6.07) is 6.98. The van der Waals surface area contributed by atoms with Gasteiger partial charge in [-0.3, -0.25) is 0 Å². The van der Waals surface area contributed by atoms with E-state index in [4.69, 9.17) is 11.6 Å². The van der Waals surface area contributed by atoms with Crippen molar-refractivity contribution in [1.29, 1.82) is 0 Å². The van der Waals surface area contributed by atoms with E-state index in [0.717, 1.165) is 5.56 Å². The van der Waals surface area contributed by atoms with Crippen LogP contribution >= 0.6 is 38.9 Å². The molecule has 0 fully saturated rings. The third-order valence-corrected chi connectivity index (χ3v) is 4.88. The van der Waals surface area contributed by atoms with Crippen molar-refractivity contribution < 1.29 is 4.39 Å². The quantitative estimate of drug-likeness (QED) is 0.624. The SMILES string of the molecule is Cc1cc(C(Br)c2ccc(F)c(Cl)c2)c(C)s1. The van der Waals surface area contributed by atoms with Crippen LogP contribution in [0.15, 0.2) is 24.3 Å². The minimum atomic E-state index is -0.381. The monoisotopic (exact) mass is 332 g/mol. The van der Waals surface area contributed by atoms with Gasteiger partial charge in [0.25, 0.3) is 0 Å². The first kappa shape index (κ1) is 13.1. The summed E-state index contributed by atoms with van der Waals surface area (Å²) in [5.74, 6) is -0.381.